The van der Waals surface area contributed by atoms with E-state index in [4.69, 9.17) is 16.3 Å². The predicted molar refractivity (Wildman–Crippen MR) is 77.1 cm³/mol. The lowest BCUT2D eigenvalue weighted by molar-refractivity contribution is 0.283. The van der Waals surface area contributed by atoms with Crippen molar-refractivity contribution in [2.24, 2.45) is 0 Å². The molecule has 2 heterocycles. The Labute approximate surface area is 125 Å². The molecule has 0 radical (unpaired) electrons. The van der Waals surface area contributed by atoms with Crippen LogP contribution in [0.2, 0.25) is 5.02 Å². The van der Waals surface area contributed by atoms with Gasteiger partial charge in [-0.25, -0.2) is 9.37 Å². The zero-order valence-corrected chi connectivity index (χ0v) is 11.7. The van der Waals surface area contributed by atoms with E-state index in [0.29, 0.717) is 17.3 Å². The fourth-order valence-electron chi connectivity index (χ4n) is 1.84. The number of hydrogen-bond acceptors (Lipinski definition) is 3. The monoisotopic (exact) mass is 303 g/mol. The van der Waals surface area contributed by atoms with Crippen LogP contribution in [0.15, 0.2) is 54.9 Å². The molecule has 2 aromatic heterocycles. The topological polar surface area (TPSA) is 39.9 Å². The van der Waals surface area contributed by atoms with Gasteiger partial charge in [0.2, 0.25) is 5.88 Å². The van der Waals surface area contributed by atoms with Crippen molar-refractivity contribution in [1.82, 2.24) is 14.8 Å². The normalized spacial score (nSPS) is 10.6. The Morgan fingerprint density at radius 2 is 2.05 bits per heavy atom. The maximum atomic E-state index is 13.4. The molecule has 4 nitrogen and oxygen atoms in total. The van der Waals surface area contributed by atoms with Gasteiger partial charge in [-0.05, 0) is 29.8 Å². The minimum Gasteiger partial charge on any atom is -0.473 e. The van der Waals surface area contributed by atoms with Crippen molar-refractivity contribution in [3.8, 4) is 11.7 Å². The molecule has 0 bridgehead atoms. The van der Waals surface area contributed by atoms with Gasteiger partial charge in [0.25, 0.3) is 0 Å². The highest BCUT2D eigenvalue weighted by Crippen LogP contribution is 2.19. The SMILES string of the molecule is Fc1cc(COc2ccnn2-c2ccccn2)ccc1Cl. The van der Waals surface area contributed by atoms with Crippen molar-refractivity contribution in [2.75, 3.05) is 0 Å². The number of rotatable bonds is 4. The standard InChI is InChI=1S/C15H11ClFN3O/c16-12-5-4-11(9-13(12)17)10-21-15-6-8-19-20(15)14-3-1-2-7-18-14/h1-9H,10H2. The van der Waals surface area contributed by atoms with Gasteiger partial charge in [0.05, 0.1) is 11.2 Å². The Bertz CT molecular complexity index is 746. The number of halogens is 2. The Balaban J connectivity index is 1.77. The third-order valence-electron chi connectivity index (χ3n) is 2.85. The van der Waals surface area contributed by atoms with Crippen LogP contribution >= 0.6 is 11.6 Å². The van der Waals surface area contributed by atoms with Gasteiger partial charge in [0.1, 0.15) is 12.4 Å². The molecule has 0 atom stereocenters. The van der Waals surface area contributed by atoms with Gasteiger partial charge >= 0.3 is 0 Å². The van der Waals surface area contributed by atoms with E-state index in [2.05, 4.69) is 10.1 Å². The Hall–Kier alpha value is -2.40. The second-order valence-corrected chi connectivity index (χ2v) is 4.71. The quantitative estimate of drug-likeness (QED) is 0.739. The molecule has 0 aliphatic rings. The molecule has 0 N–H and O–H groups in total. The summed E-state index contributed by atoms with van der Waals surface area (Å²) in [7, 11) is 0. The highest BCUT2D eigenvalue weighted by Gasteiger charge is 2.08. The van der Waals surface area contributed by atoms with Crippen LogP contribution in [0.4, 0.5) is 4.39 Å². The summed E-state index contributed by atoms with van der Waals surface area (Å²) in [6, 6.07) is 11.8. The van der Waals surface area contributed by atoms with E-state index in [9.17, 15) is 4.39 Å². The van der Waals surface area contributed by atoms with E-state index in [1.165, 1.54) is 12.1 Å². The molecule has 0 unspecified atom stereocenters. The molecule has 0 fully saturated rings. The first-order chi connectivity index (χ1) is 10.2. The smallest absolute Gasteiger partial charge is 0.218 e. The Kier molecular flexibility index (Phi) is 3.83. The summed E-state index contributed by atoms with van der Waals surface area (Å²) < 4.78 is 20.6. The van der Waals surface area contributed by atoms with E-state index in [1.807, 2.05) is 18.2 Å². The molecule has 0 spiro atoms. The summed E-state index contributed by atoms with van der Waals surface area (Å²) in [4.78, 5) is 4.21. The van der Waals surface area contributed by atoms with Gasteiger partial charge in [0.15, 0.2) is 5.82 Å². The zero-order chi connectivity index (χ0) is 14.7. The zero-order valence-electron chi connectivity index (χ0n) is 10.9. The van der Waals surface area contributed by atoms with Crippen LogP contribution < -0.4 is 4.74 Å². The lowest BCUT2D eigenvalue weighted by Gasteiger charge is -2.09. The molecular weight excluding hydrogens is 293 g/mol. The molecule has 1 aromatic carbocycles. The van der Waals surface area contributed by atoms with Crippen LogP contribution in [0.1, 0.15) is 5.56 Å². The van der Waals surface area contributed by atoms with Crippen molar-refractivity contribution in [3.05, 3.63) is 71.3 Å². The number of ether oxygens (including phenoxy) is 1. The Morgan fingerprint density at radius 3 is 2.81 bits per heavy atom. The molecule has 3 rings (SSSR count). The molecule has 0 saturated carbocycles. The largest absolute Gasteiger partial charge is 0.473 e. The number of hydrogen-bond donors (Lipinski definition) is 0. The third kappa shape index (κ3) is 3.03. The summed E-state index contributed by atoms with van der Waals surface area (Å²) in [6.45, 7) is 0.215. The summed E-state index contributed by atoms with van der Waals surface area (Å²) in [5.41, 5.74) is 0.686. The van der Waals surface area contributed by atoms with E-state index in [1.54, 1.807) is 29.2 Å². The number of nitrogens with zero attached hydrogens (tertiary/aromatic N) is 3. The van der Waals surface area contributed by atoms with E-state index < -0.39 is 5.82 Å². The van der Waals surface area contributed by atoms with Crippen molar-refractivity contribution in [1.29, 1.82) is 0 Å². The second kappa shape index (κ2) is 5.93. The first-order valence-corrected chi connectivity index (χ1v) is 6.64. The van der Waals surface area contributed by atoms with Gasteiger partial charge in [-0.1, -0.05) is 23.7 Å². The fourth-order valence-corrected chi connectivity index (χ4v) is 1.96. The number of benzene rings is 1. The molecular formula is C15H11ClFN3O. The Morgan fingerprint density at radius 1 is 1.14 bits per heavy atom. The van der Waals surface area contributed by atoms with Crippen LogP contribution in [0.5, 0.6) is 5.88 Å². The maximum Gasteiger partial charge on any atom is 0.218 e. The fraction of sp³-hybridized carbons (Fsp3) is 0.0667. The molecule has 0 saturated heterocycles. The number of pyridine rings is 1. The molecule has 21 heavy (non-hydrogen) atoms. The van der Waals surface area contributed by atoms with Gasteiger partial charge < -0.3 is 4.74 Å². The van der Waals surface area contributed by atoms with Crippen LogP contribution in [0, 0.1) is 5.82 Å². The molecule has 0 amide bonds. The lowest BCUT2D eigenvalue weighted by atomic mass is 10.2. The average molecular weight is 304 g/mol. The molecule has 106 valence electrons. The molecule has 6 heteroatoms. The summed E-state index contributed by atoms with van der Waals surface area (Å²) in [6.07, 6.45) is 3.29. The molecule has 0 aliphatic carbocycles. The van der Waals surface area contributed by atoms with Gasteiger partial charge in [0, 0.05) is 12.3 Å². The molecule has 3 aromatic rings. The maximum absolute atomic E-state index is 13.4. The summed E-state index contributed by atoms with van der Waals surface area (Å²) in [5, 5.41) is 4.26. The summed E-state index contributed by atoms with van der Waals surface area (Å²) >= 11 is 5.65. The van der Waals surface area contributed by atoms with Crippen molar-refractivity contribution in [2.45, 2.75) is 6.61 Å². The van der Waals surface area contributed by atoms with Gasteiger partial charge in [-0.15, -0.1) is 0 Å². The average Bonchev–Trinajstić information content (AvgIpc) is 2.98. The van der Waals surface area contributed by atoms with Crippen LogP contribution in [-0.4, -0.2) is 14.8 Å². The number of aromatic nitrogens is 3. The highest BCUT2D eigenvalue weighted by atomic mass is 35.5. The molecule has 0 aliphatic heterocycles. The van der Waals surface area contributed by atoms with Crippen LogP contribution in [0.25, 0.3) is 5.82 Å². The van der Waals surface area contributed by atoms with E-state index >= 15 is 0 Å². The highest BCUT2D eigenvalue weighted by molar-refractivity contribution is 6.30. The minimum atomic E-state index is -0.462. The minimum absolute atomic E-state index is 0.0947. The predicted octanol–water partition coefficient (Wildman–Crippen LogP) is 3.64. The van der Waals surface area contributed by atoms with Crippen molar-refractivity contribution in [3.63, 3.8) is 0 Å². The third-order valence-corrected chi connectivity index (χ3v) is 3.15. The summed E-state index contributed by atoms with van der Waals surface area (Å²) in [5.74, 6) is 0.722. The van der Waals surface area contributed by atoms with Crippen molar-refractivity contribution < 1.29 is 9.13 Å². The second-order valence-electron chi connectivity index (χ2n) is 4.31. The van der Waals surface area contributed by atoms with E-state index in [0.717, 1.165) is 0 Å². The lowest BCUT2D eigenvalue weighted by Crippen LogP contribution is -2.04. The first-order valence-electron chi connectivity index (χ1n) is 6.26. The van der Waals surface area contributed by atoms with Gasteiger partial charge in [-0.3, -0.25) is 0 Å². The van der Waals surface area contributed by atoms with Crippen LogP contribution in [-0.2, 0) is 6.61 Å². The van der Waals surface area contributed by atoms with Crippen molar-refractivity contribution >= 4 is 11.6 Å². The first kappa shape index (κ1) is 13.6. The van der Waals surface area contributed by atoms with Gasteiger partial charge in [-0.2, -0.15) is 9.78 Å². The van der Waals surface area contributed by atoms with Crippen LogP contribution in [0.3, 0.4) is 0 Å². The van der Waals surface area contributed by atoms with E-state index in [-0.39, 0.29) is 11.6 Å².